The minimum absolute atomic E-state index is 0.698. The molecule has 17 heavy (non-hydrogen) atoms. The van der Waals surface area contributed by atoms with Gasteiger partial charge in [0.2, 0.25) is 0 Å². The minimum atomic E-state index is 0.698. The van der Waals surface area contributed by atoms with Crippen molar-refractivity contribution in [3.8, 4) is 0 Å². The lowest BCUT2D eigenvalue weighted by molar-refractivity contribution is 0.966. The average molecular weight is 246 g/mol. The van der Waals surface area contributed by atoms with E-state index in [1.807, 2.05) is 18.2 Å². The molecule has 0 aliphatic rings. The van der Waals surface area contributed by atoms with E-state index in [1.54, 1.807) is 0 Å². The molecule has 0 radical (unpaired) electrons. The van der Waals surface area contributed by atoms with Gasteiger partial charge in [-0.2, -0.15) is 0 Å². The van der Waals surface area contributed by atoms with Crippen LogP contribution in [-0.4, -0.2) is 6.54 Å². The maximum Gasteiger partial charge on any atom is 0.0441 e. The molecule has 0 spiro atoms. The Morgan fingerprint density at radius 1 is 0.882 bits per heavy atom. The van der Waals surface area contributed by atoms with Gasteiger partial charge in [-0.25, -0.2) is 0 Å². The Hall–Kier alpha value is -1.31. The van der Waals surface area contributed by atoms with Gasteiger partial charge in [-0.1, -0.05) is 54.1 Å². The highest BCUT2D eigenvalue weighted by Gasteiger charge is 2.00. The van der Waals surface area contributed by atoms with E-state index in [0.717, 1.165) is 17.9 Å². The van der Waals surface area contributed by atoms with Crippen LogP contribution in [0.3, 0.4) is 0 Å². The van der Waals surface area contributed by atoms with Crippen molar-refractivity contribution in [1.29, 1.82) is 0 Å². The standard InChI is InChI=1S/C15H16ClN/c16-15-4-2-1-3-14(15)11-13-7-5-12(6-8-13)9-10-17/h1-8H,9-11,17H2. The van der Waals surface area contributed by atoms with Crippen LogP contribution in [0.4, 0.5) is 0 Å². The smallest absolute Gasteiger partial charge is 0.0441 e. The Morgan fingerprint density at radius 2 is 1.53 bits per heavy atom. The molecule has 0 heterocycles. The first-order valence-corrected chi connectivity index (χ1v) is 6.18. The summed E-state index contributed by atoms with van der Waals surface area (Å²) < 4.78 is 0. The minimum Gasteiger partial charge on any atom is -0.330 e. The van der Waals surface area contributed by atoms with Gasteiger partial charge in [-0.05, 0) is 42.1 Å². The first-order valence-electron chi connectivity index (χ1n) is 5.81. The highest BCUT2D eigenvalue weighted by molar-refractivity contribution is 6.31. The summed E-state index contributed by atoms with van der Waals surface area (Å²) in [5.41, 5.74) is 9.26. The Labute approximate surface area is 107 Å². The van der Waals surface area contributed by atoms with Crippen LogP contribution in [0.25, 0.3) is 0 Å². The molecule has 2 rings (SSSR count). The monoisotopic (exact) mass is 245 g/mol. The van der Waals surface area contributed by atoms with Crippen LogP contribution in [0.1, 0.15) is 16.7 Å². The van der Waals surface area contributed by atoms with Crippen LogP contribution in [0.15, 0.2) is 48.5 Å². The molecular formula is C15H16ClN. The van der Waals surface area contributed by atoms with E-state index in [2.05, 4.69) is 30.3 Å². The summed E-state index contributed by atoms with van der Waals surface area (Å²) in [6.45, 7) is 0.698. The van der Waals surface area contributed by atoms with Crippen molar-refractivity contribution in [2.45, 2.75) is 12.8 Å². The van der Waals surface area contributed by atoms with E-state index in [9.17, 15) is 0 Å². The zero-order chi connectivity index (χ0) is 12.1. The topological polar surface area (TPSA) is 26.0 Å². The predicted molar refractivity (Wildman–Crippen MR) is 73.5 cm³/mol. The molecule has 2 aromatic carbocycles. The fourth-order valence-electron chi connectivity index (χ4n) is 1.85. The van der Waals surface area contributed by atoms with Crippen molar-refractivity contribution >= 4 is 11.6 Å². The van der Waals surface area contributed by atoms with E-state index >= 15 is 0 Å². The molecule has 2 heteroatoms. The Kier molecular flexibility index (Phi) is 4.18. The van der Waals surface area contributed by atoms with E-state index in [4.69, 9.17) is 17.3 Å². The highest BCUT2D eigenvalue weighted by Crippen LogP contribution is 2.19. The van der Waals surface area contributed by atoms with Gasteiger partial charge in [0.15, 0.2) is 0 Å². The second kappa shape index (κ2) is 5.85. The van der Waals surface area contributed by atoms with Gasteiger partial charge < -0.3 is 5.73 Å². The molecular weight excluding hydrogens is 230 g/mol. The summed E-state index contributed by atoms with van der Waals surface area (Å²) in [4.78, 5) is 0. The first-order chi connectivity index (χ1) is 8.29. The number of benzene rings is 2. The van der Waals surface area contributed by atoms with Crippen LogP contribution >= 0.6 is 11.6 Å². The molecule has 0 amide bonds. The Balaban J connectivity index is 2.11. The van der Waals surface area contributed by atoms with Crippen LogP contribution in [0, 0.1) is 0 Å². The second-order valence-corrected chi connectivity index (χ2v) is 4.53. The van der Waals surface area contributed by atoms with Crippen LogP contribution in [-0.2, 0) is 12.8 Å². The molecule has 0 aromatic heterocycles. The lowest BCUT2D eigenvalue weighted by Gasteiger charge is -2.05. The number of nitrogens with two attached hydrogens (primary N) is 1. The van der Waals surface area contributed by atoms with Gasteiger partial charge in [0.05, 0.1) is 0 Å². The molecule has 0 bridgehead atoms. The number of hydrogen-bond donors (Lipinski definition) is 1. The molecule has 0 atom stereocenters. The molecule has 0 fully saturated rings. The van der Waals surface area contributed by atoms with Crippen molar-refractivity contribution in [1.82, 2.24) is 0 Å². The zero-order valence-electron chi connectivity index (χ0n) is 9.70. The normalized spacial score (nSPS) is 10.5. The molecule has 0 saturated carbocycles. The fourth-order valence-corrected chi connectivity index (χ4v) is 2.05. The van der Waals surface area contributed by atoms with Crippen LogP contribution < -0.4 is 5.73 Å². The molecule has 0 aliphatic carbocycles. The summed E-state index contributed by atoms with van der Waals surface area (Å²) in [5, 5.41) is 0.832. The van der Waals surface area contributed by atoms with Crippen LogP contribution in [0.5, 0.6) is 0 Å². The summed E-state index contributed by atoms with van der Waals surface area (Å²) in [7, 11) is 0. The summed E-state index contributed by atoms with van der Waals surface area (Å²) in [6.07, 6.45) is 1.81. The lowest BCUT2D eigenvalue weighted by Crippen LogP contribution is -2.02. The van der Waals surface area contributed by atoms with Crippen molar-refractivity contribution < 1.29 is 0 Å². The third-order valence-corrected chi connectivity index (χ3v) is 3.18. The summed E-state index contributed by atoms with van der Waals surface area (Å²) in [5.74, 6) is 0. The van der Waals surface area contributed by atoms with E-state index in [-0.39, 0.29) is 0 Å². The molecule has 0 unspecified atom stereocenters. The van der Waals surface area contributed by atoms with Crippen molar-refractivity contribution in [2.75, 3.05) is 6.54 Å². The van der Waals surface area contributed by atoms with Gasteiger partial charge >= 0.3 is 0 Å². The molecule has 88 valence electrons. The van der Waals surface area contributed by atoms with Crippen molar-refractivity contribution in [3.05, 3.63) is 70.2 Å². The molecule has 2 N–H and O–H groups in total. The van der Waals surface area contributed by atoms with Crippen molar-refractivity contribution in [3.63, 3.8) is 0 Å². The maximum atomic E-state index is 6.14. The third-order valence-electron chi connectivity index (χ3n) is 2.81. The van der Waals surface area contributed by atoms with Crippen LogP contribution in [0.2, 0.25) is 5.02 Å². The lowest BCUT2D eigenvalue weighted by atomic mass is 10.0. The van der Waals surface area contributed by atoms with Gasteiger partial charge in [0, 0.05) is 5.02 Å². The molecule has 0 saturated heterocycles. The van der Waals surface area contributed by atoms with Crippen molar-refractivity contribution in [2.24, 2.45) is 5.73 Å². The number of rotatable bonds is 4. The quantitative estimate of drug-likeness (QED) is 0.878. The fraction of sp³-hybridized carbons (Fsp3) is 0.200. The maximum absolute atomic E-state index is 6.14. The molecule has 1 nitrogen and oxygen atoms in total. The molecule has 0 aliphatic heterocycles. The zero-order valence-corrected chi connectivity index (χ0v) is 10.5. The number of halogens is 1. The highest BCUT2D eigenvalue weighted by atomic mass is 35.5. The second-order valence-electron chi connectivity index (χ2n) is 4.12. The largest absolute Gasteiger partial charge is 0.330 e. The van der Waals surface area contributed by atoms with Gasteiger partial charge in [0.25, 0.3) is 0 Å². The predicted octanol–water partition coefficient (Wildman–Crippen LogP) is 3.43. The first kappa shape index (κ1) is 12.2. The van der Waals surface area contributed by atoms with Gasteiger partial charge in [-0.3, -0.25) is 0 Å². The SMILES string of the molecule is NCCc1ccc(Cc2ccccc2Cl)cc1. The van der Waals surface area contributed by atoms with Gasteiger partial charge in [-0.15, -0.1) is 0 Å². The van der Waals surface area contributed by atoms with E-state index in [1.165, 1.54) is 16.7 Å². The van der Waals surface area contributed by atoms with E-state index < -0.39 is 0 Å². The van der Waals surface area contributed by atoms with Gasteiger partial charge in [0.1, 0.15) is 0 Å². The Bertz CT molecular complexity index is 477. The Morgan fingerprint density at radius 3 is 2.18 bits per heavy atom. The summed E-state index contributed by atoms with van der Waals surface area (Å²) >= 11 is 6.14. The third kappa shape index (κ3) is 3.32. The molecule has 2 aromatic rings. The average Bonchev–Trinajstić information content (AvgIpc) is 2.35. The number of hydrogen-bond acceptors (Lipinski definition) is 1. The summed E-state index contributed by atoms with van der Waals surface area (Å²) in [6, 6.07) is 16.5. The van der Waals surface area contributed by atoms with E-state index in [0.29, 0.717) is 6.54 Å².